The zero-order chi connectivity index (χ0) is 17.5. The van der Waals surface area contributed by atoms with Gasteiger partial charge in [0.25, 0.3) is 0 Å². The number of carbonyl (C=O) groups excluding carboxylic acids is 1. The number of benzene rings is 2. The molecule has 2 amide bonds. The van der Waals surface area contributed by atoms with Crippen LogP contribution in [0, 0.1) is 0 Å². The third kappa shape index (κ3) is 4.77. The van der Waals surface area contributed by atoms with Crippen LogP contribution in [-0.2, 0) is 26.2 Å². The molecule has 0 spiro atoms. The Morgan fingerprint density at radius 3 is 1.17 bits per heavy atom. The molecule has 2 aromatic rings. The molecule has 0 unspecified atom stereocenters. The number of carbonyl (C=O) groups is 1. The molecule has 0 heterocycles. The summed E-state index contributed by atoms with van der Waals surface area (Å²) in [5, 5.41) is 5.58. The zero-order valence-corrected chi connectivity index (χ0v) is 13.5. The largest absolute Gasteiger partial charge is 0.326 e. The van der Waals surface area contributed by atoms with Gasteiger partial charge in [0.15, 0.2) is 0 Å². The Balaban J connectivity index is 2.13. The van der Waals surface area contributed by atoms with Crippen molar-refractivity contribution in [3.63, 3.8) is 0 Å². The van der Waals surface area contributed by atoms with Crippen molar-refractivity contribution in [2.75, 3.05) is 10.6 Å². The lowest BCUT2D eigenvalue weighted by molar-refractivity contribution is 0.262. The lowest BCUT2D eigenvalue weighted by Gasteiger charge is -2.12. The summed E-state index contributed by atoms with van der Waals surface area (Å²) in [6, 6.07) is 10.8. The van der Waals surface area contributed by atoms with Crippen molar-refractivity contribution >= 4 is 17.4 Å². The number of anilines is 2. The highest BCUT2D eigenvalue weighted by molar-refractivity contribution is 6.00. The van der Waals surface area contributed by atoms with Gasteiger partial charge in [-0.1, -0.05) is 12.1 Å². The molecule has 0 fully saturated rings. The third-order valence-corrected chi connectivity index (χ3v) is 3.56. The SMILES string of the molecule is NCc1cc(CN)cc(NC(=O)Nc2cc(CN)cc(CN)c2)c1. The van der Waals surface area contributed by atoms with Crippen LogP contribution in [-0.4, -0.2) is 6.03 Å². The van der Waals surface area contributed by atoms with Gasteiger partial charge in [0.05, 0.1) is 0 Å². The quantitative estimate of drug-likeness (QED) is 0.471. The minimum absolute atomic E-state index is 0.357. The van der Waals surface area contributed by atoms with Gasteiger partial charge in [0.2, 0.25) is 0 Å². The summed E-state index contributed by atoms with van der Waals surface area (Å²) in [6.45, 7) is 1.51. The van der Waals surface area contributed by atoms with Gasteiger partial charge in [-0.3, -0.25) is 0 Å². The Kier molecular flexibility index (Phi) is 6.28. The van der Waals surface area contributed by atoms with E-state index in [4.69, 9.17) is 22.9 Å². The van der Waals surface area contributed by atoms with Crippen LogP contribution in [0.15, 0.2) is 36.4 Å². The maximum Gasteiger partial charge on any atom is 0.323 e. The monoisotopic (exact) mass is 328 g/mol. The van der Waals surface area contributed by atoms with Crippen LogP contribution >= 0.6 is 0 Å². The van der Waals surface area contributed by atoms with Crippen molar-refractivity contribution in [1.29, 1.82) is 0 Å². The molecule has 0 bridgehead atoms. The van der Waals surface area contributed by atoms with Crippen molar-refractivity contribution in [3.05, 3.63) is 58.7 Å². The van der Waals surface area contributed by atoms with Gasteiger partial charge in [-0.15, -0.1) is 0 Å². The summed E-state index contributed by atoms with van der Waals surface area (Å²) in [5.74, 6) is 0. The number of urea groups is 1. The van der Waals surface area contributed by atoms with Crippen LogP contribution in [0.5, 0.6) is 0 Å². The molecule has 2 aromatic carbocycles. The average Bonchev–Trinajstić information content (AvgIpc) is 2.60. The molecule has 0 aliphatic rings. The highest BCUT2D eigenvalue weighted by Crippen LogP contribution is 2.17. The number of nitrogens with two attached hydrogens (primary N) is 4. The molecule has 128 valence electrons. The maximum atomic E-state index is 12.2. The first-order chi connectivity index (χ1) is 11.6. The van der Waals surface area contributed by atoms with E-state index in [1.54, 1.807) is 0 Å². The Bertz CT molecular complexity index is 612. The molecule has 0 aromatic heterocycles. The van der Waals surface area contributed by atoms with E-state index in [0.29, 0.717) is 37.6 Å². The van der Waals surface area contributed by atoms with Crippen molar-refractivity contribution < 1.29 is 4.79 Å². The normalized spacial score (nSPS) is 10.5. The first-order valence-electron chi connectivity index (χ1n) is 7.72. The van der Waals surface area contributed by atoms with Crippen molar-refractivity contribution in [2.45, 2.75) is 26.2 Å². The van der Waals surface area contributed by atoms with Gasteiger partial charge < -0.3 is 33.6 Å². The predicted octanol–water partition coefficient (Wildman–Crippen LogP) is 1.17. The van der Waals surface area contributed by atoms with E-state index in [9.17, 15) is 4.79 Å². The van der Waals surface area contributed by atoms with E-state index in [2.05, 4.69) is 10.6 Å². The second-order valence-corrected chi connectivity index (χ2v) is 5.47. The standard InChI is InChI=1S/C17H24N6O/c18-7-11-1-12(8-19)4-15(3-11)22-17(24)23-16-5-13(9-20)2-14(6-16)10-21/h1-6H,7-10,18-21H2,(H2,22,23,24). The van der Waals surface area contributed by atoms with Crippen LogP contribution in [0.4, 0.5) is 16.2 Å². The number of amides is 2. The van der Waals surface area contributed by atoms with E-state index in [0.717, 1.165) is 22.3 Å². The minimum Gasteiger partial charge on any atom is -0.326 e. The molecule has 0 aliphatic heterocycles. The molecule has 2 rings (SSSR count). The van der Waals surface area contributed by atoms with E-state index >= 15 is 0 Å². The highest BCUT2D eigenvalue weighted by atomic mass is 16.2. The predicted molar refractivity (Wildman–Crippen MR) is 97.1 cm³/mol. The van der Waals surface area contributed by atoms with Gasteiger partial charge in [-0.2, -0.15) is 0 Å². The Morgan fingerprint density at radius 2 is 0.917 bits per heavy atom. The molecule has 7 nitrogen and oxygen atoms in total. The molecular weight excluding hydrogens is 304 g/mol. The Morgan fingerprint density at radius 1 is 0.625 bits per heavy atom. The van der Waals surface area contributed by atoms with E-state index in [1.807, 2.05) is 36.4 Å². The molecule has 0 saturated carbocycles. The lowest BCUT2D eigenvalue weighted by Crippen LogP contribution is -2.20. The number of nitrogens with one attached hydrogen (secondary N) is 2. The van der Waals surface area contributed by atoms with Gasteiger partial charge in [-0.05, 0) is 46.5 Å². The maximum absolute atomic E-state index is 12.2. The summed E-state index contributed by atoms with van der Waals surface area (Å²) >= 11 is 0. The average molecular weight is 328 g/mol. The second-order valence-electron chi connectivity index (χ2n) is 5.47. The fourth-order valence-electron chi connectivity index (χ4n) is 2.43. The molecule has 0 atom stereocenters. The number of hydrogen-bond acceptors (Lipinski definition) is 5. The first-order valence-corrected chi connectivity index (χ1v) is 7.72. The van der Waals surface area contributed by atoms with Gasteiger partial charge in [0, 0.05) is 37.6 Å². The fraction of sp³-hybridized carbons (Fsp3) is 0.235. The second kappa shape index (κ2) is 8.42. The zero-order valence-electron chi connectivity index (χ0n) is 13.5. The van der Waals surface area contributed by atoms with Crippen LogP contribution < -0.4 is 33.6 Å². The van der Waals surface area contributed by atoms with Gasteiger partial charge in [-0.25, -0.2) is 4.79 Å². The summed E-state index contributed by atoms with van der Waals surface area (Å²) in [4.78, 5) is 12.2. The van der Waals surface area contributed by atoms with Gasteiger partial charge >= 0.3 is 6.03 Å². The summed E-state index contributed by atoms with van der Waals surface area (Å²) in [7, 11) is 0. The minimum atomic E-state index is -0.357. The summed E-state index contributed by atoms with van der Waals surface area (Å²) in [5.41, 5.74) is 27.6. The summed E-state index contributed by atoms with van der Waals surface area (Å²) < 4.78 is 0. The van der Waals surface area contributed by atoms with Crippen molar-refractivity contribution in [3.8, 4) is 0 Å². The smallest absolute Gasteiger partial charge is 0.323 e. The first kappa shape index (κ1) is 17.9. The molecule has 10 N–H and O–H groups in total. The molecular formula is C17H24N6O. The summed E-state index contributed by atoms with van der Waals surface area (Å²) in [6.07, 6.45) is 0. The molecule has 0 aliphatic carbocycles. The lowest BCUT2D eigenvalue weighted by atomic mass is 10.1. The topological polar surface area (TPSA) is 145 Å². The number of rotatable bonds is 6. The van der Waals surface area contributed by atoms with E-state index < -0.39 is 0 Å². The van der Waals surface area contributed by atoms with E-state index in [-0.39, 0.29) is 6.03 Å². The van der Waals surface area contributed by atoms with Crippen LogP contribution in [0.2, 0.25) is 0 Å². The van der Waals surface area contributed by atoms with Crippen LogP contribution in [0.1, 0.15) is 22.3 Å². The molecule has 0 radical (unpaired) electrons. The third-order valence-electron chi connectivity index (χ3n) is 3.56. The molecule has 24 heavy (non-hydrogen) atoms. The van der Waals surface area contributed by atoms with Gasteiger partial charge in [0.1, 0.15) is 0 Å². The van der Waals surface area contributed by atoms with Crippen LogP contribution in [0.3, 0.4) is 0 Å². The molecule has 0 saturated heterocycles. The van der Waals surface area contributed by atoms with E-state index in [1.165, 1.54) is 0 Å². The van der Waals surface area contributed by atoms with Crippen LogP contribution in [0.25, 0.3) is 0 Å². The van der Waals surface area contributed by atoms with Crippen molar-refractivity contribution in [2.24, 2.45) is 22.9 Å². The highest BCUT2D eigenvalue weighted by Gasteiger charge is 2.07. The number of hydrogen-bond donors (Lipinski definition) is 6. The van der Waals surface area contributed by atoms with Crippen molar-refractivity contribution in [1.82, 2.24) is 0 Å². The molecule has 7 heteroatoms. The Hall–Kier alpha value is -2.45. The fourth-order valence-corrected chi connectivity index (χ4v) is 2.43. The Labute approximate surface area is 141 Å².